The number of nitrogens with zero attached hydrogens (tertiary/aromatic N) is 3. The number of unbranched alkanes of at least 4 members (excludes halogenated alkanes) is 2. The van der Waals surface area contributed by atoms with E-state index in [1.54, 1.807) is 47.0 Å². The van der Waals surface area contributed by atoms with E-state index in [1.165, 1.54) is 11.8 Å². The third-order valence-corrected chi connectivity index (χ3v) is 5.79. The van der Waals surface area contributed by atoms with Crippen LogP contribution in [0.25, 0.3) is 10.9 Å². The zero-order valence-corrected chi connectivity index (χ0v) is 18.1. The Hall–Kier alpha value is -2.25. The number of rotatable bonds is 9. The summed E-state index contributed by atoms with van der Waals surface area (Å²) in [5.74, 6) is 0.844. The van der Waals surface area contributed by atoms with Crippen LogP contribution in [0.15, 0.2) is 51.0 Å². The maximum atomic E-state index is 13.0. The number of halogens is 1. The smallest absolute Gasteiger partial charge is 0.262 e. The van der Waals surface area contributed by atoms with Crippen molar-refractivity contribution in [3.05, 3.63) is 57.7 Å². The van der Waals surface area contributed by atoms with Gasteiger partial charge in [-0.2, -0.15) is 0 Å². The second kappa shape index (κ2) is 9.98. The van der Waals surface area contributed by atoms with E-state index in [1.807, 2.05) is 6.07 Å². The van der Waals surface area contributed by atoms with Crippen molar-refractivity contribution in [2.24, 2.45) is 0 Å². The molecule has 0 aliphatic carbocycles. The van der Waals surface area contributed by atoms with Crippen LogP contribution in [0.3, 0.4) is 0 Å². The molecule has 0 saturated heterocycles. The Balaban J connectivity index is 1.81. The van der Waals surface area contributed by atoms with Crippen molar-refractivity contribution in [2.75, 3.05) is 12.8 Å². The fourth-order valence-electron chi connectivity index (χ4n) is 2.96. The highest BCUT2D eigenvalue weighted by molar-refractivity contribution is 7.99. The highest BCUT2D eigenvalue weighted by Gasteiger charge is 2.16. The monoisotopic (exact) mass is 433 g/mol. The average Bonchev–Trinajstić information content (AvgIpc) is 3.20. The number of hydrogen-bond acceptors (Lipinski definition) is 5. The van der Waals surface area contributed by atoms with Gasteiger partial charge >= 0.3 is 0 Å². The molecule has 154 valence electrons. The molecule has 2 aromatic heterocycles. The topological polar surface area (TPSA) is 68.3 Å². The van der Waals surface area contributed by atoms with Gasteiger partial charge in [-0.1, -0.05) is 43.1 Å². The summed E-state index contributed by atoms with van der Waals surface area (Å²) >= 11 is 7.35. The lowest BCUT2D eigenvalue weighted by atomic mass is 10.2. The molecule has 2 heterocycles. The minimum Gasteiger partial charge on any atom is -0.467 e. The van der Waals surface area contributed by atoms with Crippen LogP contribution < -0.4 is 5.56 Å². The molecule has 0 saturated carbocycles. The third-order valence-electron chi connectivity index (χ3n) is 4.59. The second-order valence-corrected chi connectivity index (χ2v) is 8.22. The first-order valence-corrected chi connectivity index (χ1v) is 10.9. The zero-order chi connectivity index (χ0) is 20.8. The van der Waals surface area contributed by atoms with Crippen LogP contribution in [0.5, 0.6) is 0 Å². The SMILES string of the molecule is CCCCCn1c(SCC(=O)N(C)Cc2ccco2)nc2cc(Cl)ccc2c1=O. The van der Waals surface area contributed by atoms with E-state index in [-0.39, 0.29) is 17.2 Å². The van der Waals surface area contributed by atoms with Crippen molar-refractivity contribution in [3.63, 3.8) is 0 Å². The zero-order valence-electron chi connectivity index (χ0n) is 16.6. The first-order chi connectivity index (χ1) is 14.0. The molecule has 0 radical (unpaired) electrons. The molecule has 0 N–H and O–H groups in total. The average molecular weight is 434 g/mol. The molecule has 29 heavy (non-hydrogen) atoms. The molecule has 0 bridgehead atoms. The van der Waals surface area contributed by atoms with Gasteiger partial charge in [0.05, 0.1) is 29.5 Å². The minimum atomic E-state index is -0.0957. The fraction of sp³-hybridized carbons (Fsp3) is 0.381. The van der Waals surface area contributed by atoms with Crippen molar-refractivity contribution in [1.29, 1.82) is 0 Å². The summed E-state index contributed by atoms with van der Waals surface area (Å²) < 4.78 is 6.97. The number of amides is 1. The summed E-state index contributed by atoms with van der Waals surface area (Å²) in [7, 11) is 1.73. The van der Waals surface area contributed by atoms with E-state index in [4.69, 9.17) is 16.0 Å². The molecule has 1 amide bonds. The van der Waals surface area contributed by atoms with Crippen molar-refractivity contribution in [2.45, 2.75) is 44.4 Å². The van der Waals surface area contributed by atoms with Gasteiger partial charge in [0.15, 0.2) is 5.16 Å². The van der Waals surface area contributed by atoms with Gasteiger partial charge in [0.25, 0.3) is 5.56 Å². The molecular formula is C21H24ClN3O3S. The molecule has 0 spiro atoms. The van der Waals surface area contributed by atoms with Crippen molar-refractivity contribution in [3.8, 4) is 0 Å². The molecule has 8 heteroatoms. The molecule has 0 atom stereocenters. The van der Waals surface area contributed by atoms with Crippen LogP contribution in [-0.4, -0.2) is 33.2 Å². The van der Waals surface area contributed by atoms with Crippen LogP contribution in [-0.2, 0) is 17.9 Å². The fourth-order valence-corrected chi connectivity index (χ4v) is 4.09. The molecular weight excluding hydrogens is 410 g/mol. The summed E-state index contributed by atoms with van der Waals surface area (Å²) in [6.07, 6.45) is 4.56. The maximum absolute atomic E-state index is 13.0. The maximum Gasteiger partial charge on any atom is 0.262 e. The molecule has 3 aromatic rings. The summed E-state index contributed by atoms with van der Waals surface area (Å²) in [6, 6.07) is 8.71. The lowest BCUT2D eigenvalue weighted by Crippen LogP contribution is -2.28. The van der Waals surface area contributed by atoms with E-state index >= 15 is 0 Å². The van der Waals surface area contributed by atoms with Crippen LogP contribution in [0.2, 0.25) is 5.02 Å². The van der Waals surface area contributed by atoms with Crippen molar-refractivity contribution < 1.29 is 9.21 Å². The molecule has 0 aliphatic rings. The van der Waals surface area contributed by atoms with E-state index < -0.39 is 0 Å². The van der Waals surface area contributed by atoms with Gasteiger partial charge in [-0.25, -0.2) is 4.98 Å². The van der Waals surface area contributed by atoms with Gasteiger partial charge in [0, 0.05) is 18.6 Å². The van der Waals surface area contributed by atoms with Crippen LogP contribution in [0, 0.1) is 0 Å². The highest BCUT2D eigenvalue weighted by Crippen LogP contribution is 2.21. The van der Waals surface area contributed by atoms with Gasteiger partial charge in [-0.3, -0.25) is 14.2 Å². The summed E-state index contributed by atoms with van der Waals surface area (Å²) in [4.78, 5) is 31.8. The number of aromatic nitrogens is 2. The Morgan fingerprint density at radius 1 is 1.31 bits per heavy atom. The number of carbonyl (C=O) groups is 1. The Kier molecular flexibility index (Phi) is 7.39. The van der Waals surface area contributed by atoms with Crippen LogP contribution >= 0.6 is 23.4 Å². The predicted molar refractivity (Wildman–Crippen MR) is 116 cm³/mol. The standard InChI is InChI=1S/C21H24ClN3O3S/c1-3-4-5-10-25-20(27)17-9-8-15(22)12-18(17)23-21(25)29-14-19(26)24(2)13-16-7-6-11-28-16/h6-9,11-12H,3-5,10,13-14H2,1-2H3. The second-order valence-electron chi connectivity index (χ2n) is 6.84. The Morgan fingerprint density at radius 2 is 2.14 bits per heavy atom. The lowest BCUT2D eigenvalue weighted by molar-refractivity contribution is -0.127. The van der Waals surface area contributed by atoms with E-state index in [2.05, 4.69) is 11.9 Å². The first kappa shape index (κ1) is 21.5. The number of benzene rings is 1. The largest absolute Gasteiger partial charge is 0.467 e. The Morgan fingerprint density at radius 3 is 2.86 bits per heavy atom. The van der Waals surface area contributed by atoms with Crippen molar-refractivity contribution in [1.82, 2.24) is 14.5 Å². The van der Waals surface area contributed by atoms with Gasteiger partial charge in [0.1, 0.15) is 5.76 Å². The highest BCUT2D eigenvalue weighted by atomic mass is 35.5. The third kappa shape index (κ3) is 5.42. The number of hydrogen-bond donors (Lipinski definition) is 0. The molecule has 0 unspecified atom stereocenters. The number of thioether (sulfide) groups is 1. The van der Waals surface area contributed by atoms with Gasteiger partial charge in [0.2, 0.25) is 5.91 Å². The normalized spacial score (nSPS) is 11.1. The van der Waals surface area contributed by atoms with Crippen molar-refractivity contribution >= 4 is 40.2 Å². The van der Waals surface area contributed by atoms with Gasteiger partial charge in [-0.05, 0) is 36.8 Å². The summed E-state index contributed by atoms with van der Waals surface area (Å²) in [5, 5.41) is 1.61. The van der Waals surface area contributed by atoms with Crippen LogP contribution in [0.4, 0.5) is 0 Å². The lowest BCUT2D eigenvalue weighted by Gasteiger charge is -2.17. The van der Waals surface area contributed by atoms with E-state index in [0.29, 0.717) is 34.2 Å². The number of carbonyl (C=O) groups excluding carboxylic acids is 1. The molecule has 6 nitrogen and oxygen atoms in total. The molecule has 0 aliphatic heterocycles. The Bertz CT molecular complexity index is 1030. The van der Waals surface area contributed by atoms with Crippen LogP contribution in [0.1, 0.15) is 31.9 Å². The molecule has 1 aromatic carbocycles. The van der Waals surface area contributed by atoms with Gasteiger partial charge < -0.3 is 9.32 Å². The number of furan rings is 1. The van der Waals surface area contributed by atoms with E-state index in [9.17, 15) is 9.59 Å². The summed E-state index contributed by atoms with van der Waals surface area (Å²) in [5.41, 5.74) is 0.454. The first-order valence-electron chi connectivity index (χ1n) is 9.59. The van der Waals surface area contributed by atoms with E-state index in [0.717, 1.165) is 25.0 Å². The molecule has 3 rings (SSSR count). The molecule has 0 fully saturated rings. The predicted octanol–water partition coefficient (Wildman–Crippen LogP) is 4.58. The van der Waals surface area contributed by atoms with Gasteiger partial charge in [-0.15, -0.1) is 0 Å². The minimum absolute atomic E-state index is 0.0630. The quantitative estimate of drug-likeness (QED) is 0.280. The number of fused-ring (bicyclic) bond motifs is 1. The Labute approximate surface area is 178 Å². The summed E-state index contributed by atoms with van der Waals surface area (Å²) in [6.45, 7) is 3.10.